The maximum Gasteiger partial charge on any atom is 0.0863 e. The van der Waals surface area contributed by atoms with E-state index in [1.54, 1.807) is 0 Å². The van der Waals surface area contributed by atoms with Gasteiger partial charge in [-0.2, -0.15) is 0 Å². The van der Waals surface area contributed by atoms with E-state index >= 15 is 0 Å². The van der Waals surface area contributed by atoms with Gasteiger partial charge in [-0.15, -0.1) is 0 Å². The monoisotopic (exact) mass is 200 g/mol. The lowest BCUT2D eigenvalue weighted by Crippen LogP contribution is -1.68. The highest BCUT2D eigenvalue weighted by Gasteiger charge is 1.96. The van der Waals surface area contributed by atoms with Crippen molar-refractivity contribution in [1.82, 2.24) is 9.97 Å². The summed E-state index contributed by atoms with van der Waals surface area (Å²) in [6.45, 7) is 0. The van der Waals surface area contributed by atoms with E-state index in [4.69, 9.17) is 5.48 Å². The molecule has 0 aliphatic rings. The van der Waals surface area contributed by atoms with Gasteiger partial charge >= 0.3 is 0 Å². The van der Waals surface area contributed by atoms with Crippen molar-refractivity contribution in [2.24, 2.45) is 0 Å². The average Bonchev–Trinajstić information content (AvgIpc) is 2.41. The van der Waals surface area contributed by atoms with Crippen molar-refractivity contribution in [1.29, 1.82) is 0 Å². The third-order valence-corrected chi connectivity index (χ3v) is 1.77. The summed E-state index contributed by atoms with van der Waals surface area (Å²) >= 11 is 3.14. The van der Waals surface area contributed by atoms with Crippen LogP contribution in [-0.2, 0) is 0 Å². The van der Waals surface area contributed by atoms with Gasteiger partial charge in [0.1, 0.15) is 0 Å². The molecule has 2 nitrogen and oxygen atoms in total. The first-order valence-electron chi connectivity index (χ1n) is 4.64. The Labute approximate surface area is 72.0 Å². The summed E-state index contributed by atoms with van der Waals surface area (Å²) in [4.78, 5) is 6.20. The number of pyridine rings is 1. The molecule has 0 radical (unpaired) electrons. The van der Waals surface area contributed by atoms with Gasteiger partial charge in [0.15, 0.2) is 0 Å². The Morgan fingerprint density at radius 2 is 2.60 bits per heavy atom. The molecule has 3 heteroatoms. The first kappa shape index (κ1) is 3.05. The predicted molar refractivity (Wildman–Crippen MR) is 43.8 cm³/mol. The molecule has 10 heavy (non-hydrogen) atoms. The Balaban J connectivity index is 3.03. The molecular weight excluding hydrogens is 192 g/mol. The Bertz CT molecular complexity index is 522. The standard InChI is InChI=1S/C7H5BrN2/c8-6-3-10-7-4-9-2-1-5(6)7/h1-4,10H/i1D,2D,3D,4D. The minimum atomic E-state index is -0.248. The van der Waals surface area contributed by atoms with E-state index in [2.05, 4.69) is 25.9 Å². The Morgan fingerprint density at radius 3 is 3.50 bits per heavy atom. The Hall–Kier alpha value is -0.830. The maximum absolute atomic E-state index is 7.57. The summed E-state index contributed by atoms with van der Waals surface area (Å²) in [5.74, 6) is 0. The van der Waals surface area contributed by atoms with E-state index in [0.717, 1.165) is 0 Å². The minimum absolute atomic E-state index is 0.0716. The van der Waals surface area contributed by atoms with E-state index in [-0.39, 0.29) is 24.6 Å². The van der Waals surface area contributed by atoms with Crippen LogP contribution in [0.15, 0.2) is 29.0 Å². The zero-order valence-electron chi connectivity index (χ0n) is 8.83. The molecule has 0 bridgehead atoms. The summed E-state index contributed by atoms with van der Waals surface area (Å²) in [5.41, 5.74) is 0.322. The van der Waals surface area contributed by atoms with Crippen LogP contribution >= 0.6 is 15.9 Å². The summed E-state index contributed by atoms with van der Waals surface area (Å²) < 4.78 is 30.2. The first-order valence-corrected chi connectivity index (χ1v) is 3.43. The Kier molecular flexibility index (Phi) is 0.638. The fourth-order valence-corrected chi connectivity index (χ4v) is 1.12. The van der Waals surface area contributed by atoms with Crippen LogP contribution in [0, 0.1) is 0 Å². The second-order valence-electron chi connectivity index (χ2n) is 1.77. The van der Waals surface area contributed by atoms with Gasteiger partial charge in [-0.25, -0.2) is 0 Å². The second kappa shape index (κ2) is 2.09. The largest absolute Gasteiger partial charge is 0.359 e. The molecule has 1 N–H and O–H groups in total. The fraction of sp³-hybridized carbons (Fsp3) is 0. The number of rotatable bonds is 0. The molecule has 0 unspecified atom stereocenters. The topological polar surface area (TPSA) is 28.7 Å². The molecule has 0 aromatic carbocycles. The van der Waals surface area contributed by atoms with Crippen LogP contribution in [-0.4, -0.2) is 9.97 Å². The molecule has 0 saturated heterocycles. The molecule has 0 amide bonds. The van der Waals surface area contributed by atoms with Crippen molar-refractivity contribution in [3.63, 3.8) is 0 Å². The average molecular weight is 201 g/mol. The molecule has 0 spiro atoms. The van der Waals surface area contributed by atoms with Crippen molar-refractivity contribution in [3.05, 3.63) is 29.0 Å². The van der Waals surface area contributed by atoms with E-state index in [1.807, 2.05) is 0 Å². The van der Waals surface area contributed by atoms with Crippen LogP contribution in [0.5, 0.6) is 0 Å². The first-order chi connectivity index (χ1) is 6.52. The van der Waals surface area contributed by atoms with Gasteiger partial charge in [0.25, 0.3) is 0 Å². The van der Waals surface area contributed by atoms with Crippen molar-refractivity contribution < 1.29 is 5.48 Å². The molecule has 0 aliphatic heterocycles. The highest BCUT2D eigenvalue weighted by molar-refractivity contribution is 9.10. The third-order valence-electron chi connectivity index (χ3n) is 1.17. The van der Waals surface area contributed by atoms with Crippen molar-refractivity contribution in [2.45, 2.75) is 0 Å². The van der Waals surface area contributed by atoms with Crippen LogP contribution in [0.2, 0.25) is 0 Å². The summed E-state index contributed by atoms with van der Waals surface area (Å²) in [7, 11) is 0. The molecule has 0 saturated carbocycles. The molecule has 0 fully saturated rings. The normalized spacial score (nSPS) is 16.1. The van der Waals surface area contributed by atoms with E-state index in [0.29, 0.717) is 15.4 Å². The molecule has 2 aromatic heterocycles. The van der Waals surface area contributed by atoms with Crippen LogP contribution in [0.4, 0.5) is 0 Å². The van der Waals surface area contributed by atoms with Gasteiger partial charge in [-0.1, -0.05) is 0 Å². The number of fused-ring (bicyclic) bond motifs is 1. The zero-order valence-corrected chi connectivity index (χ0v) is 6.41. The van der Waals surface area contributed by atoms with Gasteiger partial charge in [0.05, 0.1) is 17.2 Å². The Morgan fingerprint density at radius 1 is 1.70 bits per heavy atom. The van der Waals surface area contributed by atoms with Crippen LogP contribution < -0.4 is 0 Å². The van der Waals surface area contributed by atoms with E-state index in [9.17, 15) is 0 Å². The van der Waals surface area contributed by atoms with E-state index < -0.39 is 0 Å². The molecule has 50 valence electrons. The number of nitrogens with zero attached hydrogens (tertiary/aromatic N) is 1. The number of halogens is 1. The molecule has 0 atom stereocenters. The van der Waals surface area contributed by atoms with Crippen LogP contribution in [0.25, 0.3) is 10.9 Å². The predicted octanol–water partition coefficient (Wildman–Crippen LogP) is 2.33. The van der Waals surface area contributed by atoms with Crippen LogP contribution in [0.1, 0.15) is 5.48 Å². The van der Waals surface area contributed by atoms with Crippen molar-refractivity contribution in [3.8, 4) is 0 Å². The zero-order chi connectivity index (χ0) is 10.5. The lowest BCUT2D eigenvalue weighted by atomic mass is 10.3. The molecule has 2 rings (SSSR count). The number of aromatic nitrogens is 2. The molecule has 2 heterocycles. The van der Waals surface area contributed by atoms with Gasteiger partial charge in [0, 0.05) is 22.2 Å². The lowest BCUT2D eigenvalue weighted by molar-refractivity contribution is 1.34. The summed E-state index contributed by atoms with van der Waals surface area (Å²) in [6, 6.07) is -0.0716. The smallest absolute Gasteiger partial charge is 0.0863 e. The summed E-state index contributed by atoms with van der Waals surface area (Å²) in [5, 5.41) is 0.375. The summed E-state index contributed by atoms with van der Waals surface area (Å²) in [6.07, 6.45) is -0.267. The second-order valence-corrected chi connectivity index (χ2v) is 2.57. The van der Waals surface area contributed by atoms with Crippen LogP contribution in [0.3, 0.4) is 0 Å². The third kappa shape index (κ3) is 0.743. The fourth-order valence-electron chi connectivity index (χ4n) is 0.721. The highest BCUT2D eigenvalue weighted by atomic mass is 79.9. The van der Waals surface area contributed by atoms with E-state index in [1.165, 1.54) is 0 Å². The quantitative estimate of drug-likeness (QED) is 0.696. The van der Waals surface area contributed by atoms with Gasteiger partial charge in [-0.3, -0.25) is 4.98 Å². The number of aromatic amines is 1. The minimum Gasteiger partial charge on any atom is -0.359 e. The number of hydrogen-bond donors (Lipinski definition) is 1. The molecule has 0 aliphatic carbocycles. The van der Waals surface area contributed by atoms with Crippen molar-refractivity contribution in [2.75, 3.05) is 0 Å². The lowest BCUT2D eigenvalue weighted by Gasteiger charge is -1.85. The maximum atomic E-state index is 7.57. The van der Waals surface area contributed by atoms with Gasteiger partial charge in [0.2, 0.25) is 0 Å². The molecule has 2 aromatic rings. The SMILES string of the molecule is [2H]c1nc([2H])c2[nH]c([2H])c(Br)c2c1[2H]. The highest BCUT2D eigenvalue weighted by Crippen LogP contribution is 2.21. The number of H-pyrrole nitrogens is 1. The van der Waals surface area contributed by atoms with Gasteiger partial charge < -0.3 is 4.98 Å². The molecular formula is C7H5BrN2. The van der Waals surface area contributed by atoms with Crippen molar-refractivity contribution >= 4 is 26.8 Å². The number of hydrogen-bond acceptors (Lipinski definition) is 1. The number of nitrogens with one attached hydrogen (secondary N) is 1. The van der Waals surface area contributed by atoms with Gasteiger partial charge in [-0.05, 0) is 22.0 Å².